The molecule has 0 fully saturated rings. The summed E-state index contributed by atoms with van der Waals surface area (Å²) in [4.78, 5) is 2.15. The Morgan fingerprint density at radius 3 is 2.23 bits per heavy atom. The molecule has 5 heteroatoms. The number of hydrogen-bond acceptors (Lipinski definition) is 5. The third-order valence-corrected chi connectivity index (χ3v) is 4.22. The summed E-state index contributed by atoms with van der Waals surface area (Å²) in [7, 11) is 6.74. The zero-order chi connectivity index (χ0) is 16.3. The highest BCUT2D eigenvalue weighted by Crippen LogP contribution is 2.41. The fraction of sp³-hybridized carbons (Fsp3) is 0.529. The maximum atomic E-state index is 10.8. The van der Waals surface area contributed by atoms with Crippen LogP contribution >= 0.6 is 0 Å². The van der Waals surface area contributed by atoms with Gasteiger partial charge in [0, 0.05) is 12.6 Å². The lowest BCUT2D eigenvalue weighted by Crippen LogP contribution is -2.39. The highest BCUT2D eigenvalue weighted by molar-refractivity contribution is 5.54. The Morgan fingerprint density at radius 2 is 1.73 bits per heavy atom. The van der Waals surface area contributed by atoms with Gasteiger partial charge in [0.25, 0.3) is 0 Å². The zero-order valence-electron chi connectivity index (χ0n) is 13.9. The summed E-state index contributed by atoms with van der Waals surface area (Å²) >= 11 is 0. The minimum absolute atomic E-state index is 0.0350. The Labute approximate surface area is 132 Å². The molecular weight excluding hydrogens is 282 g/mol. The number of ether oxygens (including phenoxy) is 3. The van der Waals surface area contributed by atoms with E-state index in [9.17, 15) is 5.11 Å². The van der Waals surface area contributed by atoms with Crippen molar-refractivity contribution in [3.8, 4) is 17.2 Å². The third kappa shape index (κ3) is 3.20. The summed E-state index contributed by atoms with van der Waals surface area (Å²) in [5, 5.41) is 10.8. The first kappa shape index (κ1) is 16.6. The minimum atomic E-state index is -0.623. The predicted octanol–water partition coefficient (Wildman–Crippen LogP) is 2.40. The smallest absolute Gasteiger partial charge is 0.203 e. The highest BCUT2D eigenvalue weighted by Gasteiger charge is 2.29. The molecule has 5 nitrogen and oxygen atoms in total. The lowest BCUT2D eigenvalue weighted by atomic mass is 9.92. The van der Waals surface area contributed by atoms with E-state index >= 15 is 0 Å². The summed E-state index contributed by atoms with van der Waals surface area (Å²) in [5.74, 6) is 1.65. The standard InChI is InChI=1S/C17H25NO4/c1-11-6-7-18(2)13(8-11)16(19)12-9-14(20-3)17(22-5)15(10-12)21-4/h6,9-10,13,16,19H,7-8H2,1-5H3. The molecule has 0 radical (unpaired) electrons. The molecule has 1 N–H and O–H groups in total. The monoisotopic (exact) mass is 307 g/mol. The van der Waals surface area contributed by atoms with Gasteiger partial charge in [-0.25, -0.2) is 0 Å². The van der Waals surface area contributed by atoms with E-state index in [-0.39, 0.29) is 6.04 Å². The van der Waals surface area contributed by atoms with Gasteiger partial charge in [-0.15, -0.1) is 0 Å². The fourth-order valence-corrected chi connectivity index (χ4v) is 2.85. The number of likely N-dealkylation sites (N-methyl/N-ethyl adjacent to an activating group) is 1. The van der Waals surface area contributed by atoms with Gasteiger partial charge < -0.3 is 19.3 Å². The van der Waals surface area contributed by atoms with Crippen LogP contribution in [0.15, 0.2) is 23.8 Å². The molecule has 0 saturated heterocycles. The highest BCUT2D eigenvalue weighted by atomic mass is 16.5. The molecule has 1 aliphatic rings. The van der Waals surface area contributed by atoms with Gasteiger partial charge in [0.15, 0.2) is 11.5 Å². The number of nitrogens with zero attached hydrogens (tertiary/aromatic N) is 1. The van der Waals surface area contributed by atoms with Crippen LogP contribution in [0.4, 0.5) is 0 Å². The summed E-state index contributed by atoms with van der Waals surface area (Å²) in [6.07, 6.45) is 2.41. The van der Waals surface area contributed by atoms with Crippen LogP contribution in [0.3, 0.4) is 0 Å². The van der Waals surface area contributed by atoms with E-state index < -0.39 is 6.10 Å². The van der Waals surface area contributed by atoms with Gasteiger partial charge in [-0.1, -0.05) is 11.6 Å². The van der Waals surface area contributed by atoms with Crippen molar-refractivity contribution in [2.75, 3.05) is 34.9 Å². The molecule has 0 aliphatic carbocycles. The van der Waals surface area contributed by atoms with Crippen molar-refractivity contribution in [3.63, 3.8) is 0 Å². The Hall–Kier alpha value is -1.72. The minimum Gasteiger partial charge on any atom is -0.493 e. The molecule has 0 bridgehead atoms. The van der Waals surface area contributed by atoms with Gasteiger partial charge in [0.1, 0.15) is 0 Å². The lowest BCUT2D eigenvalue weighted by Gasteiger charge is -2.35. The van der Waals surface area contributed by atoms with Gasteiger partial charge >= 0.3 is 0 Å². The summed E-state index contributed by atoms with van der Waals surface area (Å²) in [6, 6.07) is 3.66. The van der Waals surface area contributed by atoms with Crippen molar-refractivity contribution in [2.45, 2.75) is 25.5 Å². The Kier molecular flexibility index (Phi) is 5.32. The van der Waals surface area contributed by atoms with Crippen molar-refractivity contribution < 1.29 is 19.3 Å². The van der Waals surface area contributed by atoms with Crippen molar-refractivity contribution in [1.29, 1.82) is 0 Å². The van der Waals surface area contributed by atoms with Crippen LogP contribution in [0.25, 0.3) is 0 Å². The fourth-order valence-electron chi connectivity index (χ4n) is 2.85. The molecule has 1 aliphatic heterocycles. The van der Waals surface area contributed by atoms with E-state index in [1.807, 2.05) is 19.2 Å². The third-order valence-electron chi connectivity index (χ3n) is 4.22. The van der Waals surface area contributed by atoms with Crippen molar-refractivity contribution >= 4 is 0 Å². The molecule has 2 atom stereocenters. The molecule has 1 heterocycles. The van der Waals surface area contributed by atoms with Crippen LogP contribution in [-0.2, 0) is 0 Å². The Bertz CT molecular complexity index is 531. The molecule has 0 aromatic heterocycles. The van der Waals surface area contributed by atoms with Gasteiger partial charge in [0.2, 0.25) is 5.75 Å². The van der Waals surface area contributed by atoms with Crippen molar-refractivity contribution in [1.82, 2.24) is 4.90 Å². The molecule has 1 aromatic carbocycles. The maximum absolute atomic E-state index is 10.8. The largest absolute Gasteiger partial charge is 0.493 e. The van der Waals surface area contributed by atoms with E-state index in [0.29, 0.717) is 17.2 Å². The topological polar surface area (TPSA) is 51.2 Å². The van der Waals surface area contributed by atoms with Crippen LogP contribution in [0.2, 0.25) is 0 Å². The molecule has 22 heavy (non-hydrogen) atoms. The average molecular weight is 307 g/mol. The normalized spacial score (nSPS) is 20.3. The Balaban J connectivity index is 2.37. The summed E-state index contributed by atoms with van der Waals surface area (Å²) in [6.45, 7) is 2.94. The molecule has 2 rings (SSSR count). The number of aliphatic hydroxyl groups excluding tert-OH is 1. The molecule has 122 valence electrons. The first-order chi connectivity index (χ1) is 10.5. The van der Waals surface area contributed by atoms with E-state index in [2.05, 4.69) is 17.9 Å². The predicted molar refractivity (Wildman–Crippen MR) is 85.8 cm³/mol. The van der Waals surface area contributed by atoms with Crippen LogP contribution in [-0.4, -0.2) is 51.0 Å². The van der Waals surface area contributed by atoms with Crippen LogP contribution in [0.5, 0.6) is 17.2 Å². The van der Waals surface area contributed by atoms with E-state index in [1.54, 1.807) is 21.3 Å². The first-order valence-electron chi connectivity index (χ1n) is 7.35. The van der Waals surface area contributed by atoms with Crippen LogP contribution < -0.4 is 14.2 Å². The molecule has 0 amide bonds. The van der Waals surface area contributed by atoms with Gasteiger partial charge in [-0.05, 0) is 38.1 Å². The second-order valence-electron chi connectivity index (χ2n) is 5.67. The van der Waals surface area contributed by atoms with Gasteiger partial charge in [-0.3, -0.25) is 4.90 Å². The van der Waals surface area contributed by atoms with E-state index in [1.165, 1.54) is 5.57 Å². The summed E-state index contributed by atoms with van der Waals surface area (Å²) in [5.41, 5.74) is 2.07. The number of aliphatic hydroxyl groups is 1. The quantitative estimate of drug-likeness (QED) is 0.847. The molecule has 2 unspecified atom stereocenters. The van der Waals surface area contributed by atoms with Crippen molar-refractivity contribution in [3.05, 3.63) is 29.3 Å². The van der Waals surface area contributed by atoms with Crippen molar-refractivity contribution in [2.24, 2.45) is 0 Å². The number of methoxy groups -OCH3 is 3. The Morgan fingerprint density at radius 1 is 1.14 bits per heavy atom. The second-order valence-corrected chi connectivity index (χ2v) is 5.67. The van der Waals surface area contributed by atoms with Gasteiger partial charge in [0.05, 0.1) is 27.4 Å². The molecular formula is C17H25NO4. The zero-order valence-corrected chi connectivity index (χ0v) is 13.9. The second kappa shape index (κ2) is 7.03. The average Bonchev–Trinajstić information content (AvgIpc) is 2.54. The lowest BCUT2D eigenvalue weighted by molar-refractivity contribution is 0.0634. The SMILES string of the molecule is COc1cc(C(O)C2CC(C)=CCN2C)cc(OC)c1OC. The van der Waals surface area contributed by atoms with Crippen LogP contribution in [0, 0.1) is 0 Å². The number of rotatable bonds is 5. The molecule has 0 saturated carbocycles. The van der Waals surface area contributed by atoms with E-state index in [0.717, 1.165) is 18.5 Å². The molecule has 0 spiro atoms. The number of benzene rings is 1. The maximum Gasteiger partial charge on any atom is 0.203 e. The first-order valence-corrected chi connectivity index (χ1v) is 7.35. The molecule has 1 aromatic rings. The van der Waals surface area contributed by atoms with Gasteiger partial charge in [-0.2, -0.15) is 0 Å². The van der Waals surface area contributed by atoms with E-state index in [4.69, 9.17) is 14.2 Å². The van der Waals surface area contributed by atoms with Crippen LogP contribution in [0.1, 0.15) is 25.0 Å². The number of hydrogen-bond donors (Lipinski definition) is 1. The summed E-state index contributed by atoms with van der Waals surface area (Å²) < 4.78 is 16.1.